The molecule has 84 valence electrons. The molecule has 5 nitrogen and oxygen atoms in total. The number of aliphatic hydroxyl groups excluding tert-OH is 1. The summed E-state index contributed by atoms with van der Waals surface area (Å²) in [5.74, 6) is 0.334. The third-order valence-electron chi connectivity index (χ3n) is 1.82. The number of hydrogen-bond acceptors (Lipinski definition) is 5. The van der Waals surface area contributed by atoms with Gasteiger partial charge in [0.15, 0.2) is 0 Å². The van der Waals surface area contributed by atoms with Crippen LogP contribution in [0, 0.1) is 0 Å². The van der Waals surface area contributed by atoms with Gasteiger partial charge in [-0.3, -0.25) is 0 Å². The van der Waals surface area contributed by atoms with Crippen molar-refractivity contribution in [2.75, 3.05) is 0 Å². The van der Waals surface area contributed by atoms with Gasteiger partial charge in [-0.25, -0.2) is 4.98 Å². The topological polar surface area (TPSA) is 72.0 Å². The van der Waals surface area contributed by atoms with Crippen LogP contribution in [-0.2, 0) is 0 Å². The lowest BCUT2D eigenvalue weighted by molar-refractivity contribution is 0.152. The smallest absolute Gasteiger partial charge is 0.255 e. The van der Waals surface area contributed by atoms with Crippen molar-refractivity contribution in [3.63, 3.8) is 0 Å². The van der Waals surface area contributed by atoms with Gasteiger partial charge in [0.25, 0.3) is 5.89 Å². The molecule has 2 rings (SSSR count). The van der Waals surface area contributed by atoms with Gasteiger partial charge in [0.05, 0.1) is 10.0 Å². The summed E-state index contributed by atoms with van der Waals surface area (Å²) in [5, 5.41) is 13.6. The summed E-state index contributed by atoms with van der Waals surface area (Å²) in [7, 11) is 0. The molecule has 0 fully saturated rings. The second-order valence-electron chi connectivity index (χ2n) is 3.12. The number of aromatic nitrogens is 3. The zero-order valence-corrected chi connectivity index (χ0v) is 9.70. The minimum absolute atomic E-state index is 0.114. The third-order valence-corrected chi connectivity index (χ3v) is 2.31. The van der Waals surface area contributed by atoms with Gasteiger partial charge in [-0.1, -0.05) is 28.4 Å². The molecule has 1 atom stereocenters. The Morgan fingerprint density at radius 1 is 1.44 bits per heavy atom. The van der Waals surface area contributed by atoms with Crippen molar-refractivity contribution in [3.05, 3.63) is 28.2 Å². The first kappa shape index (κ1) is 11.3. The molecule has 2 aromatic heterocycles. The molecule has 0 amide bonds. The van der Waals surface area contributed by atoms with E-state index in [0.29, 0.717) is 15.7 Å². The lowest BCUT2D eigenvalue weighted by Gasteiger charge is -1.97. The van der Waals surface area contributed by atoms with Crippen LogP contribution in [0.5, 0.6) is 0 Å². The lowest BCUT2D eigenvalue weighted by atomic mass is 10.3. The van der Waals surface area contributed by atoms with Gasteiger partial charge in [0.1, 0.15) is 11.8 Å². The van der Waals surface area contributed by atoms with Gasteiger partial charge < -0.3 is 9.63 Å². The summed E-state index contributed by atoms with van der Waals surface area (Å²) < 4.78 is 4.82. The van der Waals surface area contributed by atoms with Gasteiger partial charge in [-0.15, -0.1) is 0 Å². The number of rotatable bonds is 2. The summed E-state index contributed by atoms with van der Waals surface area (Å²) in [6.45, 7) is 1.52. The van der Waals surface area contributed by atoms with Crippen LogP contribution in [0.4, 0.5) is 0 Å². The number of pyridine rings is 1. The van der Waals surface area contributed by atoms with Crippen molar-refractivity contribution in [1.29, 1.82) is 0 Å². The van der Waals surface area contributed by atoms with E-state index in [1.54, 1.807) is 0 Å². The average molecular weight is 260 g/mol. The Kier molecular flexibility index (Phi) is 3.09. The van der Waals surface area contributed by atoms with Crippen LogP contribution < -0.4 is 0 Å². The maximum Gasteiger partial charge on any atom is 0.255 e. The van der Waals surface area contributed by atoms with Crippen molar-refractivity contribution in [3.8, 4) is 11.5 Å². The molecule has 1 N–H and O–H groups in total. The molecule has 16 heavy (non-hydrogen) atoms. The van der Waals surface area contributed by atoms with Crippen LogP contribution in [0.2, 0.25) is 10.0 Å². The molecule has 0 radical (unpaired) electrons. The Labute approximate surface area is 101 Å². The van der Waals surface area contributed by atoms with Gasteiger partial charge in [0, 0.05) is 6.20 Å². The monoisotopic (exact) mass is 259 g/mol. The van der Waals surface area contributed by atoms with Crippen molar-refractivity contribution in [2.24, 2.45) is 0 Å². The Hall–Kier alpha value is -1.17. The van der Waals surface area contributed by atoms with E-state index in [0.717, 1.165) is 0 Å². The predicted octanol–water partition coefficient (Wildman–Crippen LogP) is 2.49. The molecule has 0 saturated heterocycles. The number of nitrogens with zero attached hydrogens (tertiary/aromatic N) is 3. The van der Waals surface area contributed by atoms with E-state index in [9.17, 15) is 5.11 Å². The van der Waals surface area contributed by atoms with E-state index in [-0.39, 0.29) is 11.7 Å². The quantitative estimate of drug-likeness (QED) is 0.897. The van der Waals surface area contributed by atoms with Crippen molar-refractivity contribution >= 4 is 23.2 Å². The first-order valence-electron chi connectivity index (χ1n) is 4.41. The Balaban J connectivity index is 2.42. The Bertz CT molecular complexity index is 513. The SMILES string of the molecule is CC(O)c1nc(-c2ncc(Cl)cc2Cl)no1. The first-order chi connectivity index (χ1) is 7.58. The molecule has 0 aliphatic rings. The summed E-state index contributed by atoms with van der Waals surface area (Å²) >= 11 is 11.6. The van der Waals surface area contributed by atoms with E-state index in [2.05, 4.69) is 15.1 Å². The largest absolute Gasteiger partial charge is 0.384 e. The standard InChI is InChI=1S/C9H7Cl2N3O2/c1-4(15)9-13-8(14-16-9)7-6(11)2-5(10)3-12-7/h2-4,15H,1H3. The predicted molar refractivity (Wildman–Crippen MR) is 58.2 cm³/mol. The minimum atomic E-state index is -0.827. The summed E-state index contributed by atoms with van der Waals surface area (Å²) in [4.78, 5) is 7.94. The molecule has 7 heteroatoms. The normalized spacial score (nSPS) is 12.8. The highest BCUT2D eigenvalue weighted by molar-refractivity contribution is 6.35. The molecular weight excluding hydrogens is 253 g/mol. The van der Waals surface area contributed by atoms with Crippen molar-refractivity contribution in [2.45, 2.75) is 13.0 Å². The summed E-state index contributed by atoms with van der Waals surface area (Å²) in [6.07, 6.45) is 0.605. The third kappa shape index (κ3) is 2.16. The van der Waals surface area contributed by atoms with Crippen molar-refractivity contribution in [1.82, 2.24) is 15.1 Å². The number of halogens is 2. The Morgan fingerprint density at radius 2 is 2.19 bits per heavy atom. The van der Waals surface area contributed by atoms with Gasteiger partial charge >= 0.3 is 0 Å². The summed E-state index contributed by atoms with van der Waals surface area (Å²) in [5.41, 5.74) is 0.363. The zero-order valence-electron chi connectivity index (χ0n) is 8.19. The van der Waals surface area contributed by atoms with E-state index in [1.807, 2.05) is 0 Å². The lowest BCUT2D eigenvalue weighted by Crippen LogP contribution is -1.91. The molecule has 0 aromatic carbocycles. The van der Waals surface area contributed by atoms with Crippen LogP contribution >= 0.6 is 23.2 Å². The highest BCUT2D eigenvalue weighted by Crippen LogP contribution is 2.26. The zero-order chi connectivity index (χ0) is 11.7. The fraction of sp³-hybridized carbons (Fsp3) is 0.222. The maximum absolute atomic E-state index is 9.23. The van der Waals surface area contributed by atoms with Gasteiger partial charge in [-0.2, -0.15) is 4.98 Å². The molecule has 2 aromatic rings. The molecule has 0 spiro atoms. The van der Waals surface area contributed by atoms with Gasteiger partial charge in [0.2, 0.25) is 5.82 Å². The summed E-state index contributed by atoms with van der Waals surface area (Å²) in [6, 6.07) is 1.53. The fourth-order valence-electron chi connectivity index (χ4n) is 1.08. The molecule has 0 aliphatic carbocycles. The maximum atomic E-state index is 9.23. The van der Waals surface area contributed by atoms with Crippen LogP contribution in [0.25, 0.3) is 11.5 Å². The molecule has 0 saturated carbocycles. The average Bonchev–Trinajstić information content (AvgIpc) is 2.66. The molecular formula is C9H7Cl2N3O2. The molecule has 0 aliphatic heterocycles. The van der Waals surface area contributed by atoms with Crippen LogP contribution in [0.1, 0.15) is 18.9 Å². The Morgan fingerprint density at radius 3 is 2.75 bits per heavy atom. The highest BCUT2D eigenvalue weighted by atomic mass is 35.5. The van der Waals surface area contributed by atoms with E-state index in [1.165, 1.54) is 19.2 Å². The second-order valence-corrected chi connectivity index (χ2v) is 3.96. The fourth-order valence-corrected chi connectivity index (χ4v) is 1.54. The molecule has 2 heterocycles. The van der Waals surface area contributed by atoms with Gasteiger partial charge in [-0.05, 0) is 13.0 Å². The number of aliphatic hydroxyl groups is 1. The first-order valence-corrected chi connectivity index (χ1v) is 5.16. The molecule has 0 bridgehead atoms. The van der Waals surface area contributed by atoms with Crippen LogP contribution in [0.15, 0.2) is 16.8 Å². The van der Waals surface area contributed by atoms with Crippen LogP contribution in [0.3, 0.4) is 0 Å². The minimum Gasteiger partial charge on any atom is -0.384 e. The number of hydrogen-bond donors (Lipinski definition) is 1. The van der Waals surface area contributed by atoms with E-state index >= 15 is 0 Å². The van der Waals surface area contributed by atoms with Crippen molar-refractivity contribution < 1.29 is 9.63 Å². The second kappa shape index (κ2) is 4.37. The molecule has 1 unspecified atom stereocenters. The highest BCUT2D eigenvalue weighted by Gasteiger charge is 2.16. The van der Waals surface area contributed by atoms with Crippen LogP contribution in [-0.4, -0.2) is 20.2 Å². The van der Waals surface area contributed by atoms with E-state index in [4.69, 9.17) is 27.7 Å². The van der Waals surface area contributed by atoms with E-state index < -0.39 is 6.10 Å².